The van der Waals surface area contributed by atoms with Gasteiger partial charge in [-0.2, -0.15) is 0 Å². The topological polar surface area (TPSA) is 12.0 Å². The van der Waals surface area contributed by atoms with Gasteiger partial charge in [-0.1, -0.05) is 26.8 Å². The molecule has 118 valence electrons. The second kappa shape index (κ2) is 7.35. The van der Waals surface area contributed by atoms with Crippen molar-refractivity contribution in [3.05, 3.63) is 35.4 Å². The molecule has 3 atom stereocenters. The zero-order valence-electron chi connectivity index (χ0n) is 13.3. The molecule has 3 heteroatoms. The number of rotatable bonds is 5. The van der Waals surface area contributed by atoms with E-state index in [0.29, 0.717) is 24.2 Å². The lowest BCUT2D eigenvalue weighted by atomic mass is 9.72. The fraction of sp³-hybridized carbons (Fsp3) is 0.667. The Morgan fingerprint density at radius 2 is 1.67 bits per heavy atom. The average Bonchev–Trinajstić information content (AvgIpc) is 2.40. The van der Waals surface area contributed by atoms with Crippen LogP contribution in [-0.4, -0.2) is 12.6 Å². The Morgan fingerprint density at radius 3 is 2.19 bits per heavy atom. The van der Waals surface area contributed by atoms with Crippen molar-refractivity contribution in [2.45, 2.75) is 52.5 Å². The molecule has 0 heterocycles. The smallest absolute Gasteiger partial charge is 0.129 e. The summed E-state index contributed by atoms with van der Waals surface area (Å²) in [5.41, 5.74) is 0.231. The summed E-state index contributed by atoms with van der Waals surface area (Å²) in [5, 5.41) is 3.46. The molecule has 0 aliphatic heterocycles. The lowest BCUT2D eigenvalue weighted by molar-refractivity contribution is 0.175. The van der Waals surface area contributed by atoms with Crippen molar-refractivity contribution in [1.82, 2.24) is 5.32 Å². The SMILES string of the molecule is CCNC(Cc1c(F)cccc1F)C1CC(C)CC(C)C1. The summed E-state index contributed by atoms with van der Waals surface area (Å²) in [6.07, 6.45) is 4.01. The van der Waals surface area contributed by atoms with Gasteiger partial charge in [0.15, 0.2) is 0 Å². The Bertz CT molecular complexity index is 430. The van der Waals surface area contributed by atoms with E-state index in [1.807, 2.05) is 0 Å². The van der Waals surface area contributed by atoms with E-state index in [-0.39, 0.29) is 11.6 Å². The maximum atomic E-state index is 13.9. The van der Waals surface area contributed by atoms with Gasteiger partial charge in [-0.05, 0) is 62.1 Å². The second-order valence-corrected chi connectivity index (χ2v) is 6.75. The third-order valence-corrected chi connectivity index (χ3v) is 4.74. The molecular formula is C18H27F2N. The second-order valence-electron chi connectivity index (χ2n) is 6.75. The quantitative estimate of drug-likeness (QED) is 0.840. The van der Waals surface area contributed by atoms with Crippen molar-refractivity contribution in [3.63, 3.8) is 0 Å². The first-order valence-corrected chi connectivity index (χ1v) is 8.17. The number of likely N-dealkylation sites (N-methyl/N-ethyl adjacent to an activating group) is 1. The zero-order valence-corrected chi connectivity index (χ0v) is 13.3. The maximum absolute atomic E-state index is 13.9. The van der Waals surface area contributed by atoms with Crippen molar-refractivity contribution in [1.29, 1.82) is 0 Å². The molecule has 1 nitrogen and oxygen atoms in total. The summed E-state index contributed by atoms with van der Waals surface area (Å²) in [7, 11) is 0. The fourth-order valence-corrected chi connectivity index (χ4v) is 3.95. The van der Waals surface area contributed by atoms with E-state index in [9.17, 15) is 8.78 Å². The Hall–Kier alpha value is -0.960. The van der Waals surface area contributed by atoms with Crippen LogP contribution in [0.2, 0.25) is 0 Å². The van der Waals surface area contributed by atoms with E-state index in [1.54, 1.807) is 0 Å². The van der Waals surface area contributed by atoms with Crippen LogP contribution in [0.1, 0.15) is 45.6 Å². The molecule has 1 aromatic carbocycles. The van der Waals surface area contributed by atoms with Gasteiger partial charge in [-0.25, -0.2) is 8.78 Å². The maximum Gasteiger partial charge on any atom is 0.129 e. The van der Waals surface area contributed by atoms with Gasteiger partial charge in [-0.3, -0.25) is 0 Å². The normalized spacial score (nSPS) is 27.6. The summed E-state index contributed by atoms with van der Waals surface area (Å²) in [4.78, 5) is 0. The number of hydrogen-bond donors (Lipinski definition) is 1. The molecule has 1 fully saturated rings. The molecule has 2 rings (SSSR count). The minimum absolute atomic E-state index is 0.159. The molecule has 0 saturated heterocycles. The summed E-state index contributed by atoms with van der Waals surface area (Å²) < 4.78 is 27.8. The Morgan fingerprint density at radius 1 is 1.10 bits per heavy atom. The Labute approximate surface area is 127 Å². The van der Waals surface area contributed by atoms with E-state index in [4.69, 9.17) is 0 Å². The average molecular weight is 295 g/mol. The molecule has 1 N–H and O–H groups in total. The summed E-state index contributed by atoms with van der Waals surface area (Å²) in [6, 6.07) is 4.30. The highest BCUT2D eigenvalue weighted by Gasteiger charge is 2.30. The van der Waals surface area contributed by atoms with Crippen LogP contribution in [0.4, 0.5) is 8.78 Å². The van der Waals surface area contributed by atoms with Crippen LogP contribution in [0.15, 0.2) is 18.2 Å². The van der Waals surface area contributed by atoms with Crippen molar-refractivity contribution in [2.75, 3.05) is 6.54 Å². The highest BCUT2D eigenvalue weighted by molar-refractivity contribution is 5.21. The molecule has 0 aromatic heterocycles. The van der Waals surface area contributed by atoms with Crippen LogP contribution in [-0.2, 0) is 6.42 Å². The van der Waals surface area contributed by atoms with Gasteiger partial charge in [-0.15, -0.1) is 0 Å². The van der Waals surface area contributed by atoms with Gasteiger partial charge in [0, 0.05) is 11.6 Å². The van der Waals surface area contributed by atoms with E-state index in [1.165, 1.54) is 24.6 Å². The predicted molar refractivity (Wildman–Crippen MR) is 83.2 cm³/mol. The molecule has 0 radical (unpaired) electrons. The largest absolute Gasteiger partial charge is 0.314 e. The summed E-state index contributed by atoms with van der Waals surface area (Å²) in [5.74, 6) is 1.06. The lowest BCUT2D eigenvalue weighted by Gasteiger charge is -2.37. The standard InChI is InChI=1S/C18H27F2N/c1-4-21-18(14-9-12(2)8-13(3)10-14)11-15-16(19)6-5-7-17(15)20/h5-7,12-14,18,21H,4,8-11H2,1-3H3. The zero-order chi connectivity index (χ0) is 15.4. The number of benzene rings is 1. The third kappa shape index (κ3) is 4.26. The highest BCUT2D eigenvalue weighted by Crippen LogP contribution is 2.35. The first kappa shape index (κ1) is 16.4. The van der Waals surface area contributed by atoms with Crippen LogP contribution >= 0.6 is 0 Å². The van der Waals surface area contributed by atoms with Gasteiger partial charge in [0.1, 0.15) is 11.6 Å². The van der Waals surface area contributed by atoms with Crippen LogP contribution in [0, 0.1) is 29.4 Å². The molecular weight excluding hydrogens is 268 g/mol. The molecule has 3 unspecified atom stereocenters. The van der Waals surface area contributed by atoms with Gasteiger partial charge in [0.05, 0.1) is 0 Å². The summed E-state index contributed by atoms with van der Waals surface area (Å²) >= 11 is 0. The minimum Gasteiger partial charge on any atom is -0.314 e. The lowest BCUT2D eigenvalue weighted by Crippen LogP contribution is -2.41. The van der Waals surface area contributed by atoms with Gasteiger partial charge in [0.25, 0.3) is 0 Å². The molecule has 1 aliphatic rings. The molecule has 0 amide bonds. The van der Waals surface area contributed by atoms with Gasteiger partial charge < -0.3 is 5.32 Å². The van der Waals surface area contributed by atoms with Crippen LogP contribution in [0.25, 0.3) is 0 Å². The molecule has 1 aromatic rings. The van der Waals surface area contributed by atoms with Crippen LogP contribution in [0.5, 0.6) is 0 Å². The van der Waals surface area contributed by atoms with Crippen molar-refractivity contribution in [3.8, 4) is 0 Å². The molecule has 0 spiro atoms. The van der Waals surface area contributed by atoms with Crippen molar-refractivity contribution >= 4 is 0 Å². The van der Waals surface area contributed by atoms with E-state index in [2.05, 4.69) is 26.1 Å². The molecule has 0 bridgehead atoms. The molecule has 21 heavy (non-hydrogen) atoms. The number of nitrogens with one attached hydrogen (secondary N) is 1. The van der Waals surface area contributed by atoms with Crippen molar-refractivity contribution < 1.29 is 8.78 Å². The van der Waals surface area contributed by atoms with E-state index in [0.717, 1.165) is 19.4 Å². The van der Waals surface area contributed by atoms with Gasteiger partial charge >= 0.3 is 0 Å². The van der Waals surface area contributed by atoms with Crippen LogP contribution < -0.4 is 5.32 Å². The number of halogens is 2. The Balaban J connectivity index is 2.15. The molecule has 1 saturated carbocycles. The third-order valence-electron chi connectivity index (χ3n) is 4.74. The summed E-state index contributed by atoms with van der Waals surface area (Å²) in [6.45, 7) is 7.46. The van der Waals surface area contributed by atoms with Crippen LogP contribution in [0.3, 0.4) is 0 Å². The van der Waals surface area contributed by atoms with Crippen molar-refractivity contribution in [2.24, 2.45) is 17.8 Å². The highest BCUT2D eigenvalue weighted by atomic mass is 19.1. The van der Waals surface area contributed by atoms with E-state index < -0.39 is 11.6 Å². The first-order valence-electron chi connectivity index (χ1n) is 8.17. The first-order chi connectivity index (χ1) is 10.0. The number of hydrogen-bond acceptors (Lipinski definition) is 1. The monoisotopic (exact) mass is 295 g/mol. The molecule has 1 aliphatic carbocycles. The van der Waals surface area contributed by atoms with Gasteiger partial charge in [0.2, 0.25) is 0 Å². The van der Waals surface area contributed by atoms with E-state index >= 15 is 0 Å². The minimum atomic E-state index is -0.421. The fourth-order valence-electron chi connectivity index (χ4n) is 3.95. The predicted octanol–water partition coefficient (Wildman–Crippen LogP) is 4.56. The Kier molecular flexibility index (Phi) is 5.74.